The van der Waals surface area contributed by atoms with E-state index in [9.17, 15) is 8.42 Å². The van der Waals surface area contributed by atoms with Crippen molar-refractivity contribution in [3.8, 4) is 0 Å². The van der Waals surface area contributed by atoms with Crippen LogP contribution in [0.1, 0.15) is 18.9 Å². The van der Waals surface area contributed by atoms with Gasteiger partial charge < -0.3 is 5.32 Å². The van der Waals surface area contributed by atoms with Gasteiger partial charge in [0.2, 0.25) is 0 Å². The van der Waals surface area contributed by atoms with Gasteiger partial charge in [0.15, 0.2) is 9.84 Å². The van der Waals surface area contributed by atoms with Crippen LogP contribution in [0.5, 0.6) is 0 Å². The Hall–Kier alpha value is -0.290. The second-order valence-electron chi connectivity index (χ2n) is 5.00. The highest BCUT2D eigenvalue weighted by Crippen LogP contribution is 2.25. The van der Waals surface area contributed by atoms with Gasteiger partial charge in [-0.1, -0.05) is 29.3 Å². The zero-order chi connectivity index (χ0) is 13.4. The molecule has 0 bridgehead atoms. The highest BCUT2D eigenvalue weighted by atomic mass is 35.5. The Bertz CT molecular complexity index is 559. The predicted molar refractivity (Wildman–Crippen MR) is 75.0 cm³/mol. The molecule has 1 fully saturated rings. The molecule has 1 saturated heterocycles. The lowest BCUT2D eigenvalue weighted by Gasteiger charge is -2.24. The minimum Gasteiger partial charge on any atom is -0.306 e. The van der Waals surface area contributed by atoms with E-state index in [1.807, 2.05) is 13.0 Å². The van der Waals surface area contributed by atoms with Crippen molar-refractivity contribution in [2.45, 2.75) is 25.4 Å². The zero-order valence-corrected chi connectivity index (χ0v) is 12.4. The molecule has 0 spiro atoms. The monoisotopic (exact) mass is 307 g/mol. The van der Waals surface area contributed by atoms with Crippen molar-refractivity contribution in [3.05, 3.63) is 33.8 Å². The van der Waals surface area contributed by atoms with Crippen molar-refractivity contribution in [1.82, 2.24) is 5.32 Å². The van der Waals surface area contributed by atoms with E-state index < -0.39 is 9.84 Å². The van der Waals surface area contributed by atoms with Crippen molar-refractivity contribution in [2.75, 3.05) is 11.5 Å². The molecule has 1 unspecified atom stereocenters. The van der Waals surface area contributed by atoms with Crippen LogP contribution in [0, 0.1) is 0 Å². The molecule has 1 N–H and O–H groups in total. The topological polar surface area (TPSA) is 46.2 Å². The molecule has 6 heteroatoms. The normalized spacial score (nSPS) is 26.4. The number of hydrogen-bond donors (Lipinski definition) is 1. The lowest BCUT2D eigenvalue weighted by Crippen LogP contribution is -2.42. The van der Waals surface area contributed by atoms with Crippen LogP contribution in [0.4, 0.5) is 0 Å². The lowest BCUT2D eigenvalue weighted by molar-refractivity contribution is 0.395. The van der Waals surface area contributed by atoms with Gasteiger partial charge in [0.05, 0.1) is 21.6 Å². The molecule has 2 rings (SSSR count). The van der Waals surface area contributed by atoms with Gasteiger partial charge in [-0.25, -0.2) is 8.42 Å². The molecule has 0 radical (unpaired) electrons. The summed E-state index contributed by atoms with van der Waals surface area (Å²) in [5.74, 6) is 0.458. The molecular formula is C12H15Cl2NO2S. The number of hydrogen-bond acceptors (Lipinski definition) is 3. The molecule has 1 aliphatic heterocycles. The first-order chi connectivity index (χ1) is 8.30. The smallest absolute Gasteiger partial charge is 0.152 e. The highest BCUT2D eigenvalue weighted by molar-refractivity contribution is 7.91. The Kier molecular flexibility index (Phi) is 3.93. The van der Waals surface area contributed by atoms with E-state index >= 15 is 0 Å². The molecule has 0 amide bonds. The summed E-state index contributed by atoms with van der Waals surface area (Å²) in [6.45, 7) is 2.53. The largest absolute Gasteiger partial charge is 0.306 e. The average molecular weight is 308 g/mol. The summed E-state index contributed by atoms with van der Waals surface area (Å²) in [6.07, 6.45) is 0.649. The predicted octanol–water partition coefficient (Wildman–Crippen LogP) is 2.66. The molecule has 0 aliphatic carbocycles. The molecule has 100 valence electrons. The van der Waals surface area contributed by atoms with Gasteiger partial charge in [-0.15, -0.1) is 0 Å². The van der Waals surface area contributed by atoms with Crippen LogP contribution in [0.2, 0.25) is 10.0 Å². The highest BCUT2D eigenvalue weighted by Gasteiger charge is 2.37. The van der Waals surface area contributed by atoms with Crippen LogP contribution < -0.4 is 5.32 Å². The zero-order valence-electron chi connectivity index (χ0n) is 10.0. The van der Waals surface area contributed by atoms with E-state index in [2.05, 4.69) is 5.32 Å². The average Bonchev–Trinajstić information content (AvgIpc) is 2.56. The lowest BCUT2D eigenvalue weighted by atomic mass is 10.0. The third kappa shape index (κ3) is 3.38. The molecule has 1 heterocycles. The SMILES string of the molecule is CC1(NCc2ccc(Cl)c(Cl)c2)CCS(=O)(=O)C1. The van der Waals surface area contributed by atoms with Gasteiger partial charge in [0.1, 0.15) is 0 Å². The molecule has 1 aliphatic rings. The third-order valence-electron chi connectivity index (χ3n) is 3.21. The van der Waals surface area contributed by atoms with E-state index in [-0.39, 0.29) is 17.0 Å². The summed E-state index contributed by atoms with van der Waals surface area (Å²) in [5, 5.41) is 4.33. The van der Waals surface area contributed by atoms with Gasteiger partial charge in [0.25, 0.3) is 0 Å². The van der Waals surface area contributed by atoms with Crippen molar-refractivity contribution in [2.24, 2.45) is 0 Å². The van der Waals surface area contributed by atoms with Crippen molar-refractivity contribution >= 4 is 33.0 Å². The van der Waals surface area contributed by atoms with Crippen molar-refractivity contribution in [3.63, 3.8) is 0 Å². The van der Waals surface area contributed by atoms with Crippen LogP contribution in [0.15, 0.2) is 18.2 Å². The fourth-order valence-electron chi connectivity index (χ4n) is 2.11. The van der Waals surface area contributed by atoms with Crippen LogP contribution >= 0.6 is 23.2 Å². The number of sulfone groups is 1. The summed E-state index contributed by atoms with van der Waals surface area (Å²) in [4.78, 5) is 0. The minimum atomic E-state index is -2.88. The summed E-state index contributed by atoms with van der Waals surface area (Å²) in [6, 6.07) is 5.42. The Labute approximate surface area is 117 Å². The minimum absolute atomic E-state index is 0.196. The quantitative estimate of drug-likeness (QED) is 0.934. The van der Waals surface area contributed by atoms with E-state index in [0.29, 0.717) is 23.0 Å². The van der Waals surface area contributed by atoms with Gasteiger partial charge in [-0.3, -0.25) is 0 Å². The number of rotatable bonds is 3. The third-order valence-corrected chi connectivity index (χ3v) is 5.85. The van der Waals surface area contributed by atoms with Gasteiger partial charge in [-0.05, 0) is 31.0 Å². The Morgan fingerprint density at radius 3 is 2.61 bits per heavy atom. The molecule has 3 nitrogen and oxygen atoms in total. The summed E-state index contributed by atoms with van der Waals surface area (Å²) < 4.78 is 23.0. The van der Waals surface area contributed by atoms with E-state index in [1.165, 1.54) is 0 Å². The second-order valence-corrected chi connectivity index (χ2v) is 8.00. The Morgan fingerprint density at radius 1 is 1.33 bits per heavy atom. The van der Waals surface area contributed by atoms with Crippen LogP contribution in [-0.4, -0.2) is 25.5 Å². The maximum atomic E-state index is 11.5. The summed E-state index contributed by atoms with van der Waals surface area (Å²) in [5.41, 5.74) is 0.653. The number of benzene rings is 1. The molecular weight excluding hydrogens is 293 g/mol. The standard InChI is InChI=1S/C12H15Cl2NO2S/c1-12(4-5-18(16,17)8-12)15-7-9-2-3-10(13)11(14)6-9/h2-3,6,15H,4-5,7-8H2,1H3. The van der Waals surface area contributed by atoms with Crippen LogP contribution in [0.3, 0.4) is 0 Å². The first-order valence-corrected chi connectivity index (χ1v) is 8.27. The van der Waals surface area contributed by atoms with Crippen LogP contribution in [-0.2, 0) is 16.4 Å². The Morgan fingerprint density at radius 2 is 2.06 bits per heavy atom. The van der Waals surface area contributed by atoms with Gasteiger partial charge in [0, 0.05) is 12.1 Å². The maximum Gasteiger partial charge on any atom is 0.152 e. The molecule has 0 aromatic heterocycles. The molecule has 1 atom stereocenters. The van der Waals surface area contributed by atoms with Crippen molar-refractivity contribution in [1.29, 1.82) is 0 Å². The summed E-state index contributed by atoms with van der Waals surface area (Å²) >= 11 is 11.8. The van der Waals surface area contributed by atoms with Crippen molar-refractivity contribution < 1.29 is 8.42 Å². The van der Waals surface area contributed by atoms with Crippen LogP contribution in [0.25, 0.3) is 0 Å². The fraction of sp³-hybridized carbons (Fsp3) is 0.500. The number of halogens is 2. The first kappa shape index (κ1) is 14.1. The molecule has 0 saturated carbocycles. The van der Waals surface area contributed by atoms with E-state index in [1.54, 1.807) is 12.1 Å². The maximum absolute atomic E-state index is 11.5. The van der Waals surface area contributed by atoms with E-state index in [4.69, 9.17) is 23.2 Å². The van der Waals surface area contributed by atoms with E-state index in [0.717, 1.165) is 5.56 Å². The number of nitrogens with one attached hydrogen (secondary N) is 1. The Balaban J connectivity index is 2.02. The molecule has 1 aromatic carbocycles. The van der Waals surface area contributed by atoms with Gasteiger partial charge in [-0.2, -0.15) is 0 Å². The van der Waals surface area contributed by atoms with Gasteiger partial charge >= 0.3 is 0 Å². The second kappa shape index (κ2) is 5.00. The molecule has 1 aromatic rings. The first-order valence-electron chi connectivity index (χ1n) is 5.69. The summed E-state index contributed by atoms with van der Waals surface area (Å²) in [7, 11) is -2.88. The fourth-order valence-corrected chi connectivity index (χ4v) is 4.56. The molecule has 18 heavy (non-hydrogen) atoms.